The van der Waals surface area contributed by atoms with E-state index in [4.69, 9.17) is 5.73 Å². The van der Waals surface area contributed by atoms with Crippen molar-refractivity contribution in [2.24, 2.45) is 11.7 Å². The SMILES string of the molecule is CCc1ccc(CC(N)CC(C)CC)s1. The quantitative estimate of drug-likeness (QED) is 0.786. The molecule has 2 atom stereocenters. The van der Waals surface area contributed by atoms with E-state index in [-0.39, 0.29) is 0 Å². The Labute approximate surface area is 97.7 Å². The zero-order valence-corrected chi connectivity index (χ0v) is 10.9. The van der Waals surface area contributed by atoms with Crippen LogP contribution >= 0.6 is 11.3 Å². The van der Waals surface area contributed by atoms with Crippen molar-refractivity contribution in [2.45, 2.75) is 52.5 Å². The summed E-state index contributed by atoms with van der Waals surface area (Å²) in [4.78, 5) is 2.92. The maximum absolute atomic E-state index is 6.14. The molecule has 0 spiro atoms. The minimum absolute atomic E-state index is 0.336. The van der Waals surface area contributed by atoms with Crippen LogP contribution < -0.4 is 5.73 Å². The molecule has 0 amide bonds. The molecule has 1 aromatic rings. The van der Waals surface area contributed by atoms with Gasteiger partial charge in [-0.3, -0.25) is 0 Å². The molecule has 86 valence electrons. The summed E-state index contributed by atoms with van der Waals surface area (Å²) >= 11 is 1.92. The first-order valence-corrected chi connectivity index (χ1v) is 6.80. The highest BCUT2D eigenvalue weighted by Gasteiger charge is 2.09. The number of aryl methyl sites for hydroxylation is 1. The molecule has 1 nitrogen and oxygen atoms in total. The number of hydrogen-bond donors (Lipinski definition) is 1. The van der Waals surface area contributed by atoms with E-state index in [2.05, 4.69) is 32.9 Å². The average Bonchev–Trinajstić information content (AvgIpc) is 2.65. The number of rotatable bonds is 6. The first kappa shape index (κ1) is 12.7. The highest BCUT2D eigenvalue weighted by atomic mass is 32.1. The van der Waals surface area contributed by atoms with Crippen molar-refractivity contribution in [1.82, 2.24) is 0 Å². The summed E-state index contributed by atoms with van der Waals surface area (Å²) < 4.78 is 0. The van der Waals surface area contributed by atoms with Gasteiger partial charge in [0, 0.05) is 15.8 Å². The minimum atomic E-state index is 0.336. The second-order valence-electron chi connectivity index (χ2n) is 4.43. The highest BCUT2D eigenvalue weighted by molar-refractivity contribution is 7.11. The largest absolute Gasteiger partial charge is 0.327 e. The van der Waals surface area contributed by atoms with Crippen LogP contribution in [0.4, 0.5) is 0 Å². The Morgan fingerprint density at radius 1 is 1.27 bits per heavy atom. The van der Waals surface area contributed by atoms with Crippen LogP contribution in [-0.4, -0.2) is 6.04 Å². The number of thiophene rings is 1. The fraction of sp³-hybridized carbons (Fsp3) is 0.692. The van der Waals surface area contributed by atoms with Crippen LogP contribution in [0.2, 0.25) is 0 Å². The molecule has 1 rings (SSSR count). The fourth-order valence-corrected chi connectivity index (χ4v) is 2.80. The van der Waals surface area contributed by atoms with Gasteiger partial charge in [0.1, 0.15) is 0 Å². The van der Waals surface area contributed by atoms with Gasteiger partial charge in [-0.2, -0.15) is 0 Å². The predicted molar refractivity (Wildman–Crippen MR) is 69.4 cm³/mol. The zero-order chi connectivity index (χ0) is 11.3. The molecule has 2 heteroatoms. The molecular formula is C13H23NS. The fourth-order valence-electron chi connectivity index (χ4n) is 1.75. The van der Waals surface area contributed by atoms with Crippen molar-refractivity contribution in [3.05, 3.63) is 21.9 Å². The van der Waals surface area contributed by atoms with E-state index < -0.39 is 0 Å². The van der Waals surface area contributed by atoms with Crippen LogP contribution in [0.1, 0.15) is 43.4 Å². The Bertz CT molecular complexity index is 280. The van der Waals surface area contributed by atoms with Gasteiger partial charge in [0.15, 0.2) is 0 Å². The van der Waals surface area contributed by atoms with E-state index in [1.807, 2.05) is 11.3 Å². The van der Waals surface area contributed by atoms with E-state index in [0.29, 0.717) is 6.04 Å². The number of nitrogens with two attached hydrogens (primary N) is 1. The van der Waals surface area contributed by atoms with Crippen molar-refractivity contribution in [3.63, 3.8) is 0 Å². The lowest BCUT2D eigenvalue weighted by atomic mass is 9.98. The zero-order valence-electron chi connectivity index (χ0n) is 10.1. The minimum Gasteiger partial charge on any atom is -0.327 e. The molecule has 0 aliphatic rings. The van der Waals surface area contributed by atoms with Gasteiger partial charge in [-0.05, 0) is 37.3 Å². The molecule has 1 heterocycles. The molecule has 0 aromatic carbocycles. The average molecular weight is 225 g/mol. The summed E-state index contributed by atoms with van der Waals surface area (Å²) in [5.74, 6) is 0.755. The Morgan fingerprint density at radius 2 is 1.93 bits per heavy atom. The summed E-state index contributed by atoms with van der Waals surface area (Å²) in [5, 5.41) is 0. The molecule has 1 aromatic heterocycles. The summed E-state index contributed by atoms with van der Waals surface area (Å²) in [6, 6.07) is 4.80. The summed E-state index contributed by atoms with van der Waals surface area (Å²) in [7, 11) is 0. The van der Waals surface area contributed by atoms with Crippen molar-refractivity contribution in [3.8, 4) is 0 Å². The van der Waals surface area contributed by atoms with Crippen molar-refractivity contribution in [2.75, 3.05) is 0 Å². The molecule has 0 fully saturated rings. The van der Waals surface area contributed by atoms with Gasteiger partial charge in [-0.25, -0.2) is 0 Å². The molecule has 2 N–H and O–H groups in total. The van der Waals surface area contributed by atoms with Gasteiger partial charge in [0.2, 0.25) is 0 Å². The van der Waals surface area contributed by atoms with Crippen LogP contribution in [0.25, 0.3) is 0 Å². The molecule has 0 aliphatic heterocycles. The first-order chi connectivity index (χ1) is 7.15. The lowest BCUT2D eigenvalue weighted by Crippen LogP contribution is -2.24. The second kappa shape index (κ2) is 6.29. The molecular weight excluding hydrogens is 202 g/mol. The summed E-state index contributed by atoms with van der Waals surface area (Å²) in [6.07, 6.45) is 4.58. The molecule has 0 radical (unpaired) electrons. The monoisotopic (exact) mass is 225 g/mol. The van der Waals surface area contributed by atoms with Gasteiger partial charge in [0.05, 0.1) is 0 Å². The van der Waals surface area contributed by atoms with E-state index in [1.54, 1.807) is 0 Å². The smallest absolute Gasteiger partial charge is 0.00897 e. The maximum atomic E-state index is 6.14. The van der Waals surface area contributed by atoms with Crippen molar-refractivity contribution >= 4 is 11.3 Å². The molecule has 0 aliphatic carbocycles. The topological polar surface area (TPSA) is 26.0 Å². The highest BCUT2D eigenvalue weighted by Crippen LogP contribution is 2.20. The van der Waals surface area contributed by atoms with E-state index >= 15 is 0 Å². The van der Waals surface area contributed by atoms with Gasteiger partial charge in [-0.1, -0.05) is 27.2 Å². The number of hydrogen-bond acceptors (Lipinski definition) is 2. The predicted octanol–water partition coefficient (Wildman–Crippen LogP) is 3.62. The third-order valence-corrected chi connectivity index (χ3v) is 4.18. The Kier molecular flexibility index (Phi) is 5.34. The molecule has 2 unspecified atom stereocenters. The van der Waals surface area contributed by atoms with Crippen LogP contribution in [0, 0.1) is 5.92 Å². The van der Waals surface area contributed by atoms with Crippen LogP contribution in [0.5, 0.6) is 0 Å². The molecule has 0 saturated carbocycles. The second-order valence-corrected chi connectivity index (χ2v) is 5.69. The van der Waals surface area contributed by atoms with Crippen LogP contribution in [0.3, 0.4) is 0 Å². The first-order valence-electron chi connectivity index (χ1n) is 5.98. The lowest BCUT2D eigenvalue weighted by molar-refractivity contribution is 0.451. The van der Waals surface area contributed by atoms with Gasteiger partial charge < -0.3 is 5.73 Å². The third-order valence-electron chi connectivity index (χ3n) is 2.93. The standard InChI is InChI=1S/C13H23NS/c1-4-10(3)8-11(14)9-13-7-6-12(5-2)15-13/h6-7,10-11H,4-5,8-9,14H2,1-3H3. The third kappa shape index (κ3) is 4.35. The Hall–Kier alpha value is -0.340. The maximum Gasteiger partial charge on any atom is 0.00897 e. The van der Waals surface area contributed by atoms with Crippen LogP contribution in [-0.2, 0) is 12.8 Å². The van der Waals surface area contributed by atoms with Gasteiger partial charge in [-0.15, -0.1) is 11.3 Å². The molecule has 15 heavy (non-hydrogen) atoms. The molecule has 0 saturated heterocycles. The van der Waals surface area contributed by atoms with Crippen molar-refractivity contribution in [1.29, 1.82) is 0 Å². The molecule has 0 bridgehead atoms. The van der Waals surface area contributed by atoms with E-state index in [0.717, 1.165) is 25.2 Å². The van der Waals surface area contributed by atoms with Gasteiger partial charge >= 0.3 is 0 Å². The lowest BCUT2D eigenvalue weighted by Gasteiger charge is -2.14. The van der Waals surface area contributed by atoms with E-state index in [1.165, 1.54) is 16.2 Å². The van der Waals surface area contributed by atoms with E-state index in [9.17, 15) is 0 Å². The van der Waals surface area contributed by atoms with Crippen LogP contribution in [0.15, 0.2) is 12.1 Å². The summed E-state index contributed by atoms with van der Waals surface area (Å²) in [6.45, 7) is 6.72. The van der Waals surface area contributed by atoms with Crippen molar-refractivity contribution < 1.29 is 0 Å². The van der Waals surface area contributed by atoms with Gasteiger partial charge in [0.25, 0.3) is 0 Å². The normalized spacial score (nSPS) is 15.2. The Morgan fingerprint density at radius 3 is 2.47 bits per heavy atom. The Balaban J connectivity index is 2.40. The summed E-state index contributed by atoms with van der Waals surface area (Å²) in [5.41, 5.74) is 6.14.